The van der Waals surface area contributed by atoms with E-state index < -0.39 is 6.10 Å². The van der Waals surface area contributed by atoms with E-state index in [0.717, 1.165) is 5.56 Å². The molecule has 0 saturated carbocycles. The van der Waals surface area contributed by atoms with E-state index in [4.69, 9.17) is 16.3 Å². The summed E-state index contributed by atoms with van der Waals surface area (Å²) in [6.45, 7) is 4.42. The minimum Gasteiger partial charge on any atom is -0.491 e. The van der Waals surface area contributed by atoms with E-state index in [-0.39, 0.29) is 6.61 Å². The van der Waals surface area contributed by atoms with Gasteiger partial charge in [-0.1, -0.05) is 35.9 Å². The van der Waals surface area contributed by atoms with Crippen LogP contribution in [0.25, 0.3) is 0 Å². The van der Waals surface area contributed by atoms with Crippen molar-refractivity contribution in [2.24, 2.45) is 0 Å². The van der Waals surface area contributed by atoms with Crippen molar-refractivity contribution in [2.45, 2.75) is 26.4 Å². The first-order chi connectivity index (χ1) is 9.54. The van der Waals surface area contributed by atoms with Crippen molar-refractivity contribution in [2.75, 3.05) is 6.61 Å². The lowest BCUT2D eigenvalue weighted by Gasteiger charge is -2.13. The van der Waals surface area contributed by atoms with Crippen molar-refractivity contribution in [1.82, 2.24) is 0 Å². The van der Waals surface area contributed by atoms with Crippen LogP contribution in [-0.2, 0) is 6.42 Å². The van der Waals surface area contributed by atoms with Crippen molar-refractivity contribution < 1.29 is 9.84 Å². The summed E-state index contributed by atoms with van der Waals surface area (Å²) in [5.41, 5.74) is 3.62. The molecule has 2 aromatic rings. The molecule has 0 spiro atoms. The largest absolute Gasteiger partial charge is 0.491 e. The van der Waals surface area contributed by atoms with Gasteiger partial charge < -0.3 is 9.84 Å². The Labute approximate surface area is 125 Å². The number of aliphatic hydroxyl groups is 1. The summed E-state index contributed by atoms with van der Waals surface area (Å²) in [6.07, 6.45) is 0.0536. The topological polar surface area (TPSA) is 29.5 Å². The fourth-order valence-electron chi connectivity index (χ4n) is 2.01. The quantitative estimate of drug-likeness (QED) is 0.904. The summed E-state index contributed by atoms with van der Waals surface area (Å²) in [5, 5.41) is 10.7. The Morgan fingerprint density at radius 1 is 1.10 bits per heavy atom. The molecule has 0 fully saturated rings. The molecule has 2 rings (SSSR count). The molecular formula is C17H19ClO2. The number of aryl methyl sites for hydroxylation is 2. The van der Waals surface area contributed by atoms with E-state index >= 15 is 0 Å². The smallest absolute Gasteiger partial charge is 0.120 e. The Hall–Kier alpha value is -1.51. The molecule has 2 aromatic carbocycles. The summed E-state index contributed by atoms with van der Waals surface area (Å²) in [6, 6.07) is 13.4. The molecule has 0 bridgehead atoms. The second-order valence-electron chi connectivity index (χ2n) is 5.04. The van der Waals surface area contributed by atoms with Gasteiger partial charge in [0.05, 0.1) is 6.10 Å². The molecule has 1 atom stereocenters. The number of benzene rings is 2. The predicted octanol–water partition coefficient (Wildman–Crippen LogP) is 3.94. The Kier molecular flexibility index (Phi) is 5.05. The molecule has 0 aliphatic rings. The molecule has 0 saturated heterocycles. The lowest BCUT2D eigenvalue weighted by atomic mass is 10.0. The zero-order chi connectivity index (χ0) is 14.5. The van der Waals surface area contributed by atoms with E-state index in [1.165, 1.54) is 11.1 Å². The standard InChI is InChI=1S/C17H19ClO2/c1-12-6-7-14(8-13(12)2)9-16(19)11-20-17-5-3-4-15(18)10-17/h3-8,10,16,19H,9,11H2,1-2H3. The number of hydrogen-bond donors (Lipinski definition) is 1. The van der Waals surface area contributed by atoms with Gasteiger partial charge in [0.25, 0.3) is 0 Å². The highest BCUT2D eigenvalue weighted by Crippen LogP contribution is 2.18. The Bertz CT molecular complexity index is 581. The van der Waals surface area contributed by atoms with Crippen molar-refractivity contribution in [3.05, 3.63) is 64.2 Å². The lowest BCUT2D eigenvalue weighted by molar-refractivity contribution is 0.108. The maximum absolute atomic E-state index is 10.0. The molecule has 0 aliphatic carbocycles. The van der Waals surface area contributed by atoms with Gasteiger partial charge in [0, 0.05) is 11.4 Å². The van der Waals surface area contributed by atoms with E-state index in [0.29, 0.717) is 17.2 Å². The SMILES string of the molecule is Cc1ccc(CC(O)COc2cccc(Cl)c2)cc1C. The minimum absolute atomic E-state index is 0.257. The molecule has 0 amide bonds. The highest BCUT2D eigenvalue weighted by Gasteiger charge is 2.08. The third kappa shape index (κ3) is 4.26. The maximum atomic E-state index is 10.0. The van der Waals surface area contributed by atoms with Crippen LogP contribution in [0.5, 0.6) is 5.75 Å². The molecule has 0 radical (unpaired) electrons. The predicted molar refractivity (Wildman–Crippen MR) is 82.6 cm³/mol. The summed E-state index contributed by atoms with van der Waals surface area (Å²) in [5.74, 6) is 0.677. The average Bonchev–Trinajstić information content (AvgIpc) is 2.41. The van der Waals surface area contributed by atoms with Crippen LogP contribution in [0.15, 0.2) is 42.5 Å². The van der Waals surface area contributed by atoms with Crippen LogP contribution in [0.2, 0.25) is 5.02 Å². The Morgan fingerprint density at radius 3 is 2.60 bits per heavy atom. The van der Waals surface area contributed by atoms with Crippen LogP contribution in [-0.4, -0.2) is 17.8 Å². The Balaban J connectivity index is 1.89. The highest BCUT2D eigenvalue weighted by molar-refractivity contribution is 6.30. The first-order valence-electron chi connectivity index (χ1n) is 6.67. The average molecular weight is 291 g/mol. The summed E-state index contributed by atoms with van der Waals surface area (Å²) in [7, 11) is 0. The van der Waals surface area contributed by atoms with Gasteiger partial charge in [-0.05, 0) is 48.7 Å². The molecule has 1 N–H and O–H groups in total. The molecule has 3 heteroatoms. The first kappa shape index (κ1) is 14.9. The summed E-state index contributed by atoms with van der Waals surface area (Å²) < 4.78 is 5.54. The third-order valence-electron chi connectivity index (χ3n) is 3.28. The Morgan fingerprint density at radius 2 is 1.90 bits per heavy atom. The van der Waals surface area contributed by atoms with Gasteiger partial charge in [0.1, 0.15) is 12.4 Å². The number of rotatable bonds is 5. The van der Waals surface area contributed by atoms with Crippen molar-refractivity contribution in [3.63, 3.8) is 0 Å². The van der Waals surface area contributed by atoms with E-state index in [2.05, 4.69) is 26.0 Å². The molecular weight excluding hydrogens is 272 g/mol. The summed E-state index contributed by atoms with van der Waals surface area (Å²) >= 11 is 5.88. The van der Waals surface area contributed by atoms with Crippen molar-refractivity contribution >= 4 is 11.6 Å². The van der Waals surface area contributed by atoms with Gasteiger partial charge in [-0.15, -0.1) is 0 Å². The molecule has 0 aliphatic heterocycles. The third-order valence-corrected chi connectivity index (χ3v) is 3.52. The monoisotopic (exact) mass is 290 g/mol. The van der Waals surface area contributed by atoms with Gasteiger partial charge >= 0.3 is 0 Å². The molecule has 0 heterocycles. The minimum atomic E-state index is -0.531. The van der Waals surface area contributed by atoms with E-state index in [9.17, 15) is 5.11 Å². The first-order valence-corrected chi connectivity index (χ1v) is 7.05. The van der Waals surface area contributed by atoms with Gasteiger partial charge in [-0.25, -0.2) is 0 Å². The lowest BCUT2D eigenvalue weighted by Crippen LogP contribution is -2.20. The second-order valence-corrected chi connectivity index (χ2v) is 5.48. The molecule has 106 valence electrons. The van der Waals surface area contributed by atoms with Crippen LogP contribution in [0.1, 0.15) is 16.7 Å². The maximum Gasteiger partial charge on any atom is 0.120 e. The van der Waals surface area contributed by atoms with Crippen LogP contribution >= 0.6 is 11.6 Å². The summed E-state index contributed by atoms with van der Waals surface area (Å²) in [4.78, 5) is 0. The zero-order valence-corrected chi connectivity index (χ0v) is 12.5. The van der Waals surface area contributed by atoms with Gasteiger partial charge in [-0.2, -0.15) is 0 Å². The van der Waals surface area contributed by atoms with Crippen LogP contribution in [0.3, 0.4) is 0 Å². The molecule has 0 aromatic heterocycles. The van der Waals surface area contributed by atoms with Crippen molar-refractivity contribution in [3.8, 4) is 5.75 Å². The van der Waals surface area contributed by atoms with E-state index in [1.54, 1.807) is 12.1 Å². The van der Waals surface area contributed by atoms with Crippen molar-refractivity contribution in [1.29, 1.82) is 0 Å². The number of hydrogen-bond acceptors (Lipinski definition) is 2. The van der Waals surface area contributed by atoms with Crippen LogP contribution < -0.4 is 4.74 Å². The molecule has 20 heavy (non-hydrogen) atoms. The number of halogens is 1. The van der Waals surface area contributed by atoms with Gasteiger partial charge in [0.2, 0.25) is 0 Å². The zero-order valence-electron chi connectivity index (χ0n) is 11.8. The van der Waals surface area contributed by atoms with Crippen LogP contribution in [0.4, 0.5) is 0 Å². The fourth-order valence-corrected chi connectivity index (χ4v) is 2.19. The molecule has 1 unspecified atom stereocenters. The van der Waals surface area contributed by atoms with Crippen LogP contribution in [0, 0.1) is 13.8 Å². The number of aliphatic hydroxyl groups excluding tert-OH is 1. The highest BCUT2D eigenvalue weighted by atomic mass is 35.5. The van der Waals surface area contributed by atoms with Gasteiger partial charge in [-0.3, -0.25) is 0 Å². The second kappa shape index (κ2) is 6.78. The van der Waals surface area contributed by atoms with E-state index in [1.807, 2.05) is 18.2 Å². The van der Waals surface area contributed by atoms with Gasteiger partial charge in [0.15, 0.2) is 0 Å². The molecule has 2 nitrogen and oxygen atoms in total. The normalized spacial score (nSPS) is 12.2. The fraction of sp³-hybridized carbons (Fsp3) is 0.294. The number of ether oxygens (including phenoxy) is 1.